The van der Waals surface area contributed by atoms with Crippen molar-refractivity contribution >= 4 is 53.2 Å². The molecule has 17 nitrogen and oxygen atoms in total. The Hall–Kier alpha value is -5.22. The normalized spacial score (nSPS) is 14.1. The fraction of sp³-hybridized carbons (Fsp3) is 0.576. The van der Waals surface area contributed by atoms with E-state index in [1.165, 1.54) is 6.92 Å². The molecule has 1 fully saturated rings. The summed E-state index contributed by atoms with van der Waals surface area (Å²) in [5.74, 6) is -3.64. The van der Waals surface area contributed by atoms with Crippen LogP contribution >= 0.6 is 0 Å². The van der Waals surface area contributed by atoms with Gasteiger partial charge in [-0.2, -0.15) is 0 Å². The van der Waals surface area contributed by atoms with E-state index < -0.39 is 53.8 Å². The minimum absolute atomic E-state index is 0.0132. The third-order valence-electron chi connectivity index (χ3n) is 7.93. The molecule has 2 rings (SSSR count). The fourth-order valence-corrected chi connectivity index (χ4v) is 5.07. The number of ether oxygens (including phenoxy) is 1. The second-order valence-electron chi connectivity index (χ2n) is 12.4. The van der Waals surface area contributed by atoms with E-state index in [1.807, 2.05) is 0 Å². The highest BCUT2D eigenvalue weighted by Crippen LogP contribution is 2.18. The number of carboxylic acid groups (broad SMARTS) is 1. The summed E-state index contributed by atoms with van der Waals surface area (Å²) < 4.78 is 5.05. The highest BCUT2D eigenvalue weighted by Gasteiger charge is 2.30. The number of nitrogens with two attached hydrogens (primary N) is 1. The molecule has 1 saturated heterocycles. The van der Waals surface area contributed by atoms with Gasteiger partial charge in [0.1, 0.15) is 24.5 Å². The Morgan fingerprint density at radius 1 is 0.920 bits per heavy atom. The SMILES string of the molecule is CC(=O)CNC(=O)OCc1ccc(NC(=O)[C@H](CCCNC(N)=O)NC(=O)[C@@H](NC(=O)CCCC(=O)N2CCC(C(=O)O)CC2)C(C)C)cc1. The number of ketones is 1. The summed E-state index contributed by atoms with van der Waals surface area (Å²) in [6.45, 7) is 5.45. The Morgan fingerprint density at radius 3 is 2.16 bits per heavy atom. The highest BCUT2D eigenvalue weighted by molar-refractivity contribution is 5.98. The maximum absolute atomic E-state index is 13.4. The summed E-state index contributed by atoms with van der Waals surface area (Å²) in [4.78, 5) is 98.6. The number of hydrogen-bond donors (Lipinski definition) is 7. The van der Waals surface area contributed by atoms with E-state index in [2.05, 4.69) is 26.6 Å². The number of likely N-dealkylation sites (tertiary alicyclic amines) is 1. The van der Waals surface area contributed by atoms with Crippen LogP contribution in [0.25, 0.3) is 0 Å². The van der Waals surface area contributed by atoms with Gasteiger partial charge in [0.2, 0.25) is 23.6 Å². The minimum atomic E-state index is -1.05. The average molecular weight is 704 g/mol. The molecule has 1 aromatic carbocycles. The van der Waals surface area contributed by atoms with E-state index in [0.717, 1.165) is 0 Å². The van der Waals surface area contributed by atoms with Crippen LogP contribution in [0.15, 0.2) is 24.3 Å². The van der Waals surface area contributed by atoms with Crippen LogP contribution in [0.5, 0.6) is 0 Å². The number of carbonyl (C=O) groups excluding carboxylic acids is 7. The molecule has 0 aromatic heterocycles. The molecule has 1 aromatic rings. The number of rotatable bonds is 19. The predicted molar refractivity (Wildman–Crippen MR) is 180 cm³/mol. The van der Waals surface area contributed by atoms with Crippen molar-refractivity contribution in [2.45, 2.75) is 84.4 Å². The summed E-state index contributed by atoms with van der Waals surface area (Å²) in [5, 5.41) is 22.0. The van der Waals surface area contributed by atoms with Crippen LogP contribution in [0.1, 0.15) is 71.3 Å². The summed E-state index contributed by atoms with van der Waals surface area (Å²) in [6.07, 6.45) is 0.789. The molecule has 1 aliphatic rings. The number of urea groups is 1. The van der Waals surface area contributed by atoms with Crippen LogP contribution in [-0.2, 0) is 40.1 Å². The molecule has 0 aliphatic carbocycles. The number of hydrogen-bond acceptors (Lipinski definition) is 9. The summed E-state index contributed by atoms with van der Waals surface area (Å²) in [6, 6.07) is 3.64. The van der Waals surface area contributed by atoms with E-state index in [-0.39, 0.29) is 63.0 Å². The first kappa shape index (κ1) is 41.0. The molecule has 1 heterocycles. The Morgan fingerprint density at radius 2 is 1.58 bits per heavy atom. The van der Waals surface area contributed by atoms with Crippen molar-refractivity contribution in [2.75, 3.05) is 31.5 Å². The molecule has 0 bridgehead atoms. The topological polar surface area (TPSA) is 255 Å². The number of primary amides is 1. The smallest absolute Gasteiger partial charge is 0.407 e. The van der Waals surface area contributed by atoms with Gasteiger partial charge in [-0.1, -0.05) is 26.0 Å². The molecule has 8 N–H and O–H groups in total. The van der Waals surface area contributed by atoms with Gasteiger partial charge in [0.15, 0.2) is 0 Å². The van der Waals surface area contributed by atoms with Crippen LogP contribution in [-0.4, -0.2) is 95.8 Å². The molecule has 17 heteroatoms. The molecule has 50 heavy (non-hydrogen) atoms. The average Bonchev–Trinajstić information content (AvgIpc) is 3.06. The van der Waals surface area contributed by atoms with Gasteiger partial charge in [0.05, 0.1) is 12.5 Å². The third-order valence-corrected chi connectivity index (χ3v) is 7.93. The van der Waals surface area contributed by atoms with Gasteiger partial charge in [-0.3, -0.25) is 28.8 Å². The number of carboxylic acids is 1. The van der Waals surface area contributed by atoms with Crippen LogP contribution < -0.4 is 32.3 Å². The lowest BCUT2D eigenvalue weighted by atomic mass is 9.97. The lowest BCUT2D eigenvalue weighted by Crippen LogP contribution is -2.54. The predicted octanol–water partition coefficient (Wildman–Crippen LogP) is 1.01. The van der Waals surface area contributed by atoms with E-state index in [9.17, 15) is 38.4 Å². The number of nitrogens with zero attached hydrogens (tertiary/aromatic N) is 1. The molecular formula is C33H49N7O10. The lowest BCUT2D eigenvalue weighted by Gasteiger charge is -2.30. The maximum atomic E-state index is 13.4. The van der Waals surface area contributed by atoms with Crippen LogP contribution in [0.2, 0.25) is 0 Å². The Balaban J connectivity index is 1.95. The van der Waals surface area contributed by atoms with Gasteiger partial charge in [-0.25, -0.2) is 9.59 Å². The van der Waals surface area contributed by atoms with Gasteiger partial charge in [0, 0.05) is 38.2 Å². The Bertz CT molecular complexity index is 1360. The van der Waals surface area contributed by atoms with Crippen LogP contribution in [0.3, 0.4) is 0 Å². The van der Waals surface area contributed by atoms with Gasteiger partial charge in [0.25, 0.3) is 0 Å². The molecule has 0 spiro atoms. The number of Topliss-reactive ketones (excluding diaryl/α,β-unsaturated/α-hetero) is 1. The molecular weight excluding hydrogens is 654 g/mol. The molecule has 7 amide bonds. The van der Waals surface area contributed by atoms with Crippen LogP contribution in [0.4, 0.5) is 15.3 Å². The second kappa shape index (κ2) is 21.0. The molecule has 0 saturated carbocycles. The number of anilines is 1. The highest BCUT2D eigenvalue weighted by atomic mass is 16.5. The second-order valence-corrected chi connectivity index (χ2v) is 12.4. The monoisotopic (exact) mass is 703 g/mol. The standard InChI is InChI=1S/C33H49N7O10/c1-20(2)28(39-26(42)7-4-8-27(43)40-16-13-23(14-17-40)31(46)47)30(45)38-25(6-5-15-35-32(34)48)29(44)37-24-11-9-22(10-12-24)19-50-33(49)36-18-21(3)41/h9-12,20,23,25,28H,4-8,13-19H2,1-3H3,(H,36,49)(H,37,44)(H,38,45)(H,39,42)(H,46,47)(H3,34,35,48)/t25-,28-/m0/s1. The largest absolute Gasteiger partial charge is 0.481 e. The fourth-order valence-electron chi connectivity index (χ4n) is 5.07. The molecule has 276 valence electrons. The Labute approximate surface area is 290 Å². The van der Waals surface area contributed by atoms with Gasteiger partial charge >= 0.3 is 18.1 Å². The van der Waals surface area contributed by atoms with Crippen molar-refractivity contribution in [3.05, 3.63) is 29.8 Å². The first-order chi connectivity index (χ1) is 23.7. The molecule has 0 radical (unpaired) electrons. The number of alkyl carbamates (subject to hydrolysis) is 1. The van der Waals surface area contributed by atoms with Gasteiger partial charge in [-0.15, -0.1) is 0 Å². The number of carbonyl (C=O) groups is 8. The zero-order valence-electron chi connectivity index (χ0n) is 28.8. The first-order valence-electron chi connectivity index (χ1n) is 16.6. The number of benzene rings is 1. The quantitative estimate of drug-likeness (QED) is 0.101. The van der Waals surface area contributed by atoms with E-state index in [4.69, 9.17) is 15.6 Å². The zero-order chi connectivity index (χ0) is 37.2. The lowest BCUT2D eigenvalue weighted by molar-refractivity contribution is -0.145. The number of amides is 7. The van der Waals surface area contributed by atoms with Crippen molar-refractivity contribution in [3.8, 4) is 0 Å². The van der Waals surface area contributed by atoms with Crippen molar-refractivity contribution in [1.29, 1.82) is 0 Å². The van der Waals surface area contributed by atoms with Crippen molar-refractivity contribution < 1.29 is 48.2 Å². The number of nitrogens with one attached hydrogen (secondary N) is 5. The van der Waals surface area contributed by atoms with E-state index >= 15 is 0 Å². The van der Waals surface area contributed by atoms with Gasteiger partial charge < -0.3 is 47.1 Å². The van der Waals surface area contributed by atoms with Crippen molar-refractivity contribution in [3.63, 3.8) is 0 Å². The molecule has 2 atom stereocenters. The third kappa shape index (κ3) is 15.3. The minimum Gasteiger partial charge on any atom is -0.481 e. The first-order valence-corrected chi connectivity index (χ1v) is 16.6. The van der Waals surface area contributed by atoms with Crippen molar-refractivity contribution in [2.24, 2.45) is 17.6 Å². The summed E-state index contributed by atoms with van der Waals surface area (Å²) in [5.41, 5.74) is 6.13. The van der Waals surface area contributed by atoms with E-state index in [0.29, 0.717) is 43.6 Å². The number of aliphatic carboxylic acids is 1. The summed E-state index contributed by atoms with van der Waals surface area (Å²) >= 11 is 0. The Kier molecular flexibility index (Phi) is 17.2. The van der Waals surface area contributed by atoms with Crippen molar-refractivity contribution in [1.82, 2.24) is 26.2 Å². The summed E-state index contributed by atoms with van der Waals surface area (Å²) in [7, 11) is 0. The van der Waals surface area contributed by atoms with Gasteiger partial charge in [-0.05, 0) is 62.6 Å². The van der Waals surface area contributed by atoms with E-state index in [1.54, 1.807) is 43.0 Å². The maximum Gasteiger partial charge on any atom is 0.407 e. The zero-order valence-corrected chi connectivity index (χ0v) is 28.8. The molecule has 1 aliphatic heterocycles. The number of piperidine rings is 1. The van der Waals surface area contributed by atoms with Crippen LogP contribution in [0, 0.1) is 11.8 Å². The molecule has 0 unspecified atom stereocenters.